The van der Waals surface area contributed by atoms with Crippen molar-refractivity contribution in [1.82, 2.24) is 0 Å². The van der Waals surface area contributed by atoms with Crippen LogP contribution in [0.5, 0.6) is 11.5 Å². The van der Waals surface area contributed by atoms with Crippen molar-refractivity contribution in [2.75, 3.05) is 11.9 Å². The fraction of sp³-hybridized carbons (Fsp3) is 0.368. The quantitative estimate of drug-likeness (QED) is 0.773. The lowest BCUT2D eigenvalue weighted by Crippen LogP contribution is -2.25. The Morgan fingerprint density at radius 3 is 2.89 bits per heavy atom. The average Bonchev–Trinajstić information content (AvgIpc) is 3.17. The van der Waals surface area contributed by atoms with Crippen LogP contribution >= 0.6 is 11.3 Å². The van der Waals surface area contributed by atoms with E-state index in [1.165, 1.54) is 40.0 Å². The first-order chi connectivity index (χ1) is 13.3. The third-order valence-electron chi connectivity index (χ3n) is 4.55. The maximum Gasteiger partial charge on any atom is 0.586 e. The molecule has 1 aliphatic heterocycles. The zero-order valence-electron chi connectivity index (χ0n) is 14.9. The van der Waals surface area contributed by atoms with E-state index >= 15 is 0 Å². The Bertz CT molecular complexity index is 942. The molecule has 0 fully saturated rings. The number of hydrogen-bond donors (Lipinski definition) is 1. The van der Waals surface area contributed by atoms with Crippen LogP contribution in [0.3, 0.4) is 0 Å². The number of esters is 1. The van der Waals surface area contributed by atoms with E-state index in [-0.39, 0.29) is 17.2 Å². The predicted molar refractivity (Wildman–Crippen MR) is 97.1 cm³/mol. The molecule has 0 saturated heterocycles. The van der Waals surface area contributed by atoms with E-state index in [0.29, 0.717) is 10.8 Å². The third-order valence-corrected chi connectivity index (χ3v) is 5.77. The second-order valence-electron chi connectivity index (χ2n) is 6.86. The van der Waals surface area contributed by atoms with Gasteiger partial charge in [0.25, 0.3) is 5.91 Å². The summed E-state index contributed by atoms with van der Waals surface area (Å²) in [6.07, 6.45) is -0.717. The molecule has 9 heteroatoms. The van der Waals surface area contributed by atoms with E-state index in [4.69, 9.17) is 4.74 Å². The van der Waals surface area contributed by atoms with Gasteiger partial charge in [-0.2, -0.15) is 0 Å². The molecular formula is C19H17F2NO5S. The molecule has 0 bridgehead atoms. The summed E-state index contributed by atoms with van der Waals surface area (Å²) in [4.78, 5) is 25.9. The summed E-state index contributed by atoms with van der Waals surface area (Å²) in [6.45, 7) is 1.70. The van der Waals surface area contributed by atoms with Crippen molar-refractivity contribution in [3.05, 3.63) is 39.6 Å². The third kappa shape index (κ3) is 3.94. The number of hydrogen-bond acceptors (Lipinski definition) is 6. The number of aryl methyl sites for hydroxylation is 1. The summed E-state index contributed by atoms with van der Waals surface area (Å²) in [7, 11) is 0. The van der Waals surface area contributed by atoms with Gasteiger partial charge in [-0.05, 0) is 48.9 Å². The number of alkyl halides is 2. The Kier molecular flexibility index (Phi) is 4.70. The molecule has 148 valence electrons. The number of carbonyl (C=O) groups excluding carboxylic acids is 2. The summed E-state index contributed by atoms with van der Waals surface area (Å²) in [6, 6.07) is 5.70. The molecular weight excluding hydrogens is 392 g/mol. The van der Waals surface area contributed by atoms with Gasteiger partial charge in [0, 0.05) is 16.6 Å². The lowest BCUT2D eigenvalue weighted by molar-refractivity contribution is -0.286. The van der Waals surface area contributed by atoms with E-state index in [0.717, 1.165) is 19.3 Å². The van der Waals surface area contributed by atoms with Crippen LogP contribution < -0.4 is 14.8 Å². The summed E-state index contributed by atoms with van der Waals surface area (Å²) >= 11 is 1.41. The van der Waals surface area contributed by atoms with Crippen LogP contribution in [0, 0.1) is 5.92 Å². The van der Waals surface area contributed by atoms with Gasteiger partial charge in [0.1, 0.15) is 4.88 Å². The molecule has 1 aliphatic carbocycles. The van der Waals surface area contributed by atoms with Crippen molar-refractivity contribution < 1.29 is 32.6 Å². The fourth-order valence-electron chi connectivity index (χ4n) is 3.23. The Balaban J connectivity index is 1.32. The molecule has 6 nitrogen and oxygen atoms in total. The molecule has 1 aromatic carbocycles. The number of thiophene rings is 1. The fourth-order valence-corrected chi connectivity index (χ4v) is 4.33. The van der Waals surface area contributed by atoms with Crippen LogP contribution in [0.15, 0.2) is 24.3 Å². The largest absolute Gasteiger partial charge is 0.586 e. The number of ether oxygens (including phenoxy) is 3. The number of anilines is 1. The number of fused-ring (bicyclic) bond motifs is 2. The monoisotopic (exact) mass is 409 g/mol. The molecule has 4 rings (SSSR count). The van der Waals surface area contributed by atoms with E-state index in [2.05, 4.69) is 21.7 Å². The van der Waals surface area contributed by atoms with Gasteiger partial charge in [-0.15, -0.1) is 20.1 Å². The van der Waals surface area contributed by atoms with Crippen LogP contribution in [0.1, 0.15) is 33.5 Å². The van der Waals surface area contributed by atoms with Crippen molar-refractivity contribution in [2.24, 2.45) is 5.92 Å². The number of benzene rings is 1. The summed E-state index contributed by atoms with van der Waals surface area (Å²) < 4.78 is 39.7. The predicted octanol–water partition coefficient (Wildman–Crippen LogP) is 3.99. The second kappa shape index (κ2) is 7.05. The van der Waals surface area contributed by atoms with Gasteiger partial charge in [-0.1, -0.05) is 6.92 Å². The van der Waals surface area contributed by atoms with Gasteiger partial charge >= 0.3 is 12.3 Å². The van der Waals surface area contributed by atoms with Gasteiger partial charge in [0.2, 0.25) is 0 Å². The first-order valence-corrected chi connectivity index (χ1v) is 9.59. The summed E-state index contributed by atoms with van der Waals surface area (Å²) in [5.74, 6) is -0.844. The van der Waals surface area contributed by atoms with E-state index in [1.807, 2.05) is 6.07 Å². The summed E-state index contributed by atoms with van der Waals surface area (Å²) in [5.41, 5.74) is 1.40. The van der Waals surface area contributed by atoms with Crippen LogP contribution in [-0.4, -0.2) is 24.8 Å². The number of amides is 1. The van der Waals surface area contributed by atoms with Gasteiger partial charge < -0.3 is 19.5 Å². The van der Waals surface area contributed by atoms with Crippen molar-refractivity contribution >= 4 is 28.9 Å². The van der Waals surface area contributed by atoms with Gasteiger partial charge in [-0.3, -0.25) is 4.79 Å². The van der Waals surface area contributed by atoms with Crippen LogP contribution in [0.25, 0.3) is 0 Å². The lowest BCUT2D eigenvalue weighted by atomic mass is 9.90. The molecule has 0 spiro atoms. The average molecular weight is 409 g/mol. The van der Waals surface area contributed by atoms with E-state index in [9.17, 15) is 18.4 Å². The Hall–Kier alpha value is -2.68. The van der Waals surface area contributed by atoms with Crippen LogP contribution in [0.4, 0.5) is 14.5 Å². The van der Waals surface area contributed by atoms with Crippen LogP contribution in [-0.2, 0) is 22.4 Å². The molecule has 2 aliphatic rings. The highest BCUT2D eigenvalue weighted by molar-refractivity contribution is 7.14. The van der Waals surface area contributed by atoms with Crippen molar-refractivity contribution in [1.29, 1.82) is 0 Å². The Morgan fingerprint density at radius 2 is 2.07 bits per heavy atom. The Labute approximate surface area is 163 Å². The normalized spacial score (nSPS) is 19.0. The van der Waals surface area contributed by atoms with E-state index in [1.54, 1.807) is 0 Å². The standard InChI is InChI=1S/C19H17F2NO5S/c1-10-2-5-15-11(6-10)7-16(28-15)18(24)25-9-17(23)22-12-3-4-13-14(8-12)27-19(20,21)26-13/h3-4,7-8,10H,2,5-6,9H2,1H3,(H,22,23)/t10-/m0/s1. The van der Waals surface area contributed by atoms with Gasteiger partial charge in [0.15, 0.2) is 18.1 Å². The number of rotatable bonds is 4. The maximum atomic E-state index is 13.0. The molecule has 28 heavy (non-hydrogen) atoms. The minimum atomic E-state index is -3.72. The maximum absolute atomic E-state index is 13.0. The van der Waals surface area contributed by atoms with Gasteiger partial charge in [0.05, 0.1) is 0 Å². The minimum Gasteiger partial charge on any atom is -0.451 e. The zero-order chi connectivity index (χ0) is 19.9. The molecule has 2 heterocycles. The SMILES string of the molecule is C[C@H]1CCc2sc(C(=O)OCC(=O)Nc3ccc4c(c3)OC(F)(F)O4)cc2C1. The molecule has 2 aromatic rings. The molecule has 1 aromatic heterocycles. The summed E-state index contributed by atoms with van der Waals surface area (Å²) in [5, 5.41) is 2.47. The molecule has 1 atom stereocenters. The van der Waals surface area contributed by atoms with Crippen LogP contribution in [0.2, 0.25) is 0 Å². The highest BCUT2D eigenvalue weighted by Crippen LogP contribution is 2.42. The molecule has 1 amide bonds. The smallest absolute Gasteiger partial charge is 0.451 e. The van der Waals surface area contributed by atoms with Crippen molar-refractivity contribution in [2.45, 2.75) is 32.5 Å². The first kappa shape index (κ1) is 18.7. The molecule has 1 N–H and O–H groups in total. The molecule has 0 unspecified atom stereocenters. The topological polar surface area (TPSA) is 73.9 Å². The van der Waals surface area contributed by atoms with Gasteiger partial charge in [-0.25, -0.2) is 4.79 Å². The number of halogens is 2. The highest BCUT2D eigenvalue weighted by atomic mass is 32.1. The molecule has 0 saturated carbocycles. The lowest BCUT2D eigenvalue weighted by Gasteiger charge is -2.16. The Morgan fingerprint density at radius 1 is 1.29 bits per heavy atom. The number of nitrogens with one attached hydrogen (secondary N) is 1. The highest BCUT2D eigenvalue weighted by Gasteiger charge is 2.43. The van der Waals surface area contributed by atoms with Crippen molar-refractivity contribution in [3.8, 4) is 11.5 Å². The number of carbonyl (C=O) groups is 2. The second-order valence-corrected chi connectivity index (χ2v) is 8.00. The zero-order valence-corrected chi connectivity index (χ0v) is 15.7. The first-order valence-electron chi connectivity index (χ1n) is 8.77. The molecule has 0 radical (unpaired) electrons. The van der Waals surface area contributed by atoms with Crippen molar-refractivity contribution in [3.63, 3.8) is 0 Å². The minimum absolute atomic E-state index is 0.120. The van der Waals surface area contributed by atoms with E-state index < -0.39 is 24.8 Å².